The van der Waals surface area contributed by atoms with Crippen LogP contribution in [-0.2, 0) is 11.2 Å². The molecule has 0 saturated heterocycles. The summed E-state index contributed by atoms with van der Waals surface area (Å²) in [5.74, 6) is 0.647. The van der Waals surface area contributed by atoms with Gasteiger partial charge in [0.2, 0.25) is 0 Å². The second kappa shape index (κ2) is 8.73. The number of hydrogen-bond donors (Lipinski definition) is 2. The molecule has 26 heavy (non-hydrogen) atoms. The van der Waals surface area contributed by atoms with E-state index in [9.17, 15) is 9.90 Å². The number of phenolic OH excluding ortho intramolecular Hbond substituents is 1. The third-order valence-corrected chi connectivity index (χ3v) is 5.08. The molecule has 0 saturated carbocycles. The van der Waals surface area contributed by atoms with Crippen molar-refractivity contribution in [3.05, 3.63) is 56.5 Å². The van der Waals surface area contributed by atoms with Crippen LogP contribution >= 0.6 is 31.9 Å². The first-order chi connectivity index (χ1) is 12.2. The van der Waals surface area contributed by atoms with E-state index in [0.717, 1.165) is 16.7 Å². The van der Waals surface area contributed by atoms with Crippen LogP contribution in [0.15, 0.2) is 39.8 Å². The third kappa shape index (κ3) is 4.68. The Morgan fingerprint density at radius 2 is 1.88 bits per heavy atom. The van der Waals surface area contributed by atoms with Gasteiger partial charge in [0, 0.05) is 17.5 Å². The number of ether oxygens (including phenoxy) is 1. The van der Waals surface area contributed by atoms with Gasteiger partial charge in [0.1, 0.15) is 11.5 Å². The van der Waals surface area contributed by atoms with Gasteiger partial charge >= 0.3 is 5.97 Å². The molecule has 0 aromatic heterocycles. The number of carboxylic acid groups (broad SMARTS) is 1. The van der Waals surface area contributed by atoms with Crippen molar-refractivity contribution >= 4 is 43.9 Å². The highest BCUT2D eigenvalue weighted by Gasteiger charge is 2.18. The zero-order valence-electron chi connectivity index (χ0n) is 14.6. The standard InChI is InChI=1S/C20H20Br2O4/c1-4-13-17(7-6-16(23)19(13)11(2)3)26-20-14(21)9-12(10-15(20)22)5-8-18(24)25/h4,6-7,9-11,23H,1,5,8H2,2-3H3,(H,24,25). The lowest BCUT2D eigenvalue weighted by atomic mass is 9.95. The number of aryl methyl sites for hydroxylation is 1. The van der Waals surface area contributed by atoms with Crippen LogP contribution in [0, 0.1) is 0 Å². The number of hydrogen-bond acceptors (Lipinski definition) is 3. The second-order valence-corrected chi connectivity index (χ2v) is 7.86. The van der Waals surface area contributed by atoms with Crippen LogP contribution in [0.3, 0.4) is 0 Å². The molecule has 138 valence electrons. The maximum absolute atomic E-state index is 10.8. The van der Waals surface area contributed by atoms with Crippen molar-refractivity contribution in [2.75, 3.05) is 0 Å². The molecular formula is C20H20Br2O4. The van der Waals surface area contributed by atoms with E-state index < -0.39 is 5.97 Å². The minimum Gasteiger partial charge on any atom is -0.508 e. The summed E-state index contributed by atoms with van der Waals surface area (Å²) in [5.41, 5.74) is 2.41. The molecule has 2 aromatic rings. The molecule has 0 atom stereocenters. The first kappa shape index (κ1) is 20.5. The van der Waals surface area contributed by atoms with Crippen molar-refractivity contribution in [3.8, 4) is 17.2 Å². The van der Waals surface area contributed by atoms with Crippen molar-refractivity contribution in [2.24, 2.45) is 0 Å². The Kier molecular flexibility index (Phi) is 6.89. The summed E-state index contributed by atoms with van der Waals surface area (Å²) in [5, 5.41) is 19.0. The number of rotatable bonds is 7. The van der Waals surface area contributed by atoms with Crippen LogP contribution in [0.5, 0.6) is 17.2 Å². The van der Waals surface area contributed by atoms with Crippen molar-refractivity contribution in [3.63, 3.8) is 0 Å². The summed E-state index contributed by atoms with van der Waals surface area (Å²) in [4.78, 5) is 10.8. The number of benzene rings is 2. The maximum Gasteiger partial charge on any atom is 0.303 e. The molecule has 0 aliphatic rings. The molecule has 2 N–H and O–H groups in total. The van der Waals surface area contributed by atoms with Crippen LogP contribution in [0.4, 0.5) is 0 Å². The predicted molar refractivity (Wildman–Crippen MR) is 110 cm³/mol. The minimum absolute atomic E-state index is 0.0649. The van der Waals surface area contributed by atoms with Crippen molar-refractivity contribution in [1.82, 2.24) is 0 Å². The SMILES string of the molecule is C=Cc1c(Oc2c(Br)cc(CCC(=O)O)cc2Br)ccc(O)c1C(C)C. The molecule has 2 aromatic carbocycles. The molecule has 0 radical (unpaired) electrons. The van der Waals surface area contributed by atoms with Crippen LogP contribution in [0.25, 0.3) is 6.08 Å². The fourth-order valence-corrected chi connectivity index (χ4v) is 4.17. The van der Waals surface area contributed by atoms with Crippen molar-refractivity contribution < 1.29 is 19.7 Å². The zero-order chi connectivity index (χ0) is 19.4. The first-order valence-electron chi connectivity index (χ1n) is 8.10. The Hall–Kier alpha value is -1.79. The number of aromatic hydroxyl groups is 1. The largest absolute Gasteiger partial charge is 0.508 e. The number of aliphatic carboxylic acids is 1. The van der Waals surface area contributed by atoms with E-state index in [2.05, 4.69) is 38.4 Å². The Morgan fingerprint density at radius 1 is 1.27 bits per heavy atom. The van der Waals surface area contributed by atoms with Crippen molar-refractivity contribution in [2.45, 2.75) is 32.6 Å². The number of halogens is 2. The van der Waals surface area contributed by atoms with Gasteiger partial charge in [-0.25, -0.2) is 0 Å². The normalized spacial score (nSPS) is 10.8. The van der Waals surface area contributed by atoms with Crippen LogP contribution in [0.2, 0.25) is 0 Å². The molecule has 0 heterocycles. The van der Waals surface area contributed by atoms with Gasteiger partial charge in [0.05, 0.1) is 8.95 Å². The number of carbonyl (C=O) groups is 1. The quantitative estimate of drug-likeness (QED) is 0.472. The minimum atomic E-state index is -0.835. The number of carboxylic acids is 1. The van der Waals surface area contributed by atoms with Gasteiger partial charge < -0.3 is 14.9 Å². The smallest absolute Gasteiger partial charge is 0.303 e. The summed E-state index contributed by atoms with van der Waals surface area (Å²) in [6, 6.07) is 7.01. The topological polar surface area (TPSA) is 66.8 Å². The van der Waals surface area contributed by atoms with Gasteiger partial charge in [-0.15, -0.1) is 0 Å². The van der Waals surface area contributed by atoms with Crippen LogP contribution < -0.4 is 4.74 Å². The van der Waals surface area contributed by atoms with E-state index >= 15 is 0 Å². The summed E-state index contributed by atoms with van der Waals surface area (Å²) in [6.45, 7) is 7.84. The molecule has 0 amide bonds. The van der Waals surface area contributed by atoms with Crippen LogP contribution in [0.1, 0.15) is 42.9 Å². The fraction of sp³-hybridized carbons (Fsp3) is 0.250. The first-order valence-corrected chi connectivity index (χ1v) is 9.69. The monoisotopic (exact) mass is 482 g/mol. The fourth-order valence-electron chi connectivity index (χ4n) is 2.73. The van der Waals surface area contributed by atoms with E-state index in [4.69, 9.17) is 9.84 Å². The zero-order valence-corrected chi connectivity index (χ0v) is 17.7. The average Bonchev–Trinajstić information content (AvgIpc) is 2.56. The van der Waals surface area contributed by atoms with E-state index in [1.54, 1.807) is 18.2 Å². The molecule has 0 aliphatic heterocycles. The van der Waals surface area contributed by atoms with Crippen LogP contribution in [-0.4, -0.2) is 16.2 Å². The number of phenols is 1. The van der Waals surface area contributed by atoms with E-state index in [1.807, 2.05) is 26.0 Å². The van der Waals surface area contributed by atoms with E-state index in [-0.39, 0.29) is 18.1 Å². The second-order valence-electron chi connectivity index (χ2n) is 6.15. The van der Waals surface area contributed by atoms with Gasteiger partial charge in [0.15, 0.2) is 5.75 Å². The highest BCUT2D eigenvalue weighted by Crippen LogP contribution is 2.42. The lowest BCUT2D eigenvalue weighted by Crippen LogP contribution is -1.99. The molecule has 0 bridgehead atoms. The molecular weight excluding hydrogens is 464 g/mol. The summed E-state index contributed by atoms with van der Waals surface area (Å²) in [7, 11) is 0. The predicted octanol–water partition coefficient (Wildman–Crippen LogP) is 6.49. The molecule has 0 unspecified atom stereocenters. The highest BCUT2D eigenvalue weighted by atomic mass is 79.9. The van der Waals surface area contributed by atoms with Gasteiger partial charge in [-0.05, 0) is 74.0 Å². The lowest BCUT2D eigenvalue weighted by Gasteiger charge is -2.18. The Balaban J connectivity index is 2.41. The van der Waals surface area contributed by atoms with Gasteiger partial charge in [0.25, 0.3) is 0 Å². The molecule has 0 fully saturated rings. The summed E-state index contributed by atoms with van der Waals surface area (Å²) >= 11 is 6.99. The highest BCUT2D eigenvalue weighted by molar-refractivity contribution is 9.11. The van der Waals surface area contributed by atoms with Gasteiger partial charge in [-0.2, -0.15) is 0 Å². The molecule has 0 aliphatic carbocycles. The molecule has 0 spiro atoms. The van der Waals surface area contributed by atoms with Gasteiger partial charge in [-0.1, -0.05) is 26.5 Å². The average molecular weight is 484 g/mol. The van der Waals surface area contributed by atoms with E-state index in [1.165, 1.54) is 0 Å². The van der Waals surface area contributed by atoms with E-state index in [0.29, 0.717) is 26.9 Å². The molecule has 2 rings (SSSR count). The summed E-state index contributed by atoms with van der Waals surface area (Å²) in [6.07, 6.45) is 2.17. The lowest BCUT2D eigenvalue weighted by molar-refractivity contribution is -0.136. The maximum atomic E-state index is 10.8. The Bertz CT molecular complexity index is 821. The third-order valence-electron chi connectivity index (χ3n) is 3.90. The molecule has 4 nitrogen and oxygen atoms in total. The van der Waals surface area contributed by atoms with Gasteiger partial charge in [-0.3, -0.25) is 4.79 Å². The van der Waals surface area contributed by atoms with Crippen molar-refractivity contribution in [1.29, 1.82) is 0 Å². The Labute approximate surface area is 169 Å². The molecule has 6 heteroatoms. The Morgan fingerprint density at radius 3 is 2.38 bits per heavy atom. The summed E-state index contributed by atoms with van der Waals surface area (Å²) < 4.78 is 7.52.